The van der Waals surface area contributed by atoms with Crippen molar-refractivity contribution in [3.8, 4) is 0 Å². The first-order valence-corrected chi connectivity index (χ1v) is 6.99. The number of aromatic nitrogens is 1. The van der Waals surface area contributed by atoms with Crippen molar-refractivity contribution in [2.75, 3.05) is 5.32 Å². The first-order chi connectivity index (χ1) is 9.88. The standard InChI is InChI=1S/C12H6BrCl2N3O3/c13-8-2-1-6(18(20)21)3-10(8)17-12(19)7-4-11(15)16-5-9(7)14/h1-5H,(H,17,19). The van der Waals surface area contributed by atoms with E-state index in [2.05, 4.69) is 26.2 Å². The number of carbonyl (C=O) groups excluding carboxylic acids is 1. The molecule has 108 valence electrons. The number of amides is 1. The molecule has 0 spiro atoms. The summed E-state index contributed by atoms with van der Waals surface area (Å²) in [6.07, 6.45) is 1.25. The van der Waals surface area contributed by atoms with Crippen molar-refractivity contribution in [2.45, 2.75) is 0 Å². The Bertz CT molecular complexity index is 740. The summed E-state index contributed by atoms with van der Waals surface area (Å²) >= 11 is 14.8. The molecule has 1 aromatic carbocycles. The number of nitro benzene ring substituents is 1. The number of halogens is 3. The van der Waals surface area contributed by atoms with Gasteiger partial charge in [0.25, 0.3) is 11.6 Å². The molecule has 21 heavy (non-hydrogen) atoms. The number of carbonyl (C=O) groups is 1. The molecule has 0 saturated heterocycles. The van der Waals surface area contributed by atoms with Crippen LogP contribution in [-0.2, 0) is 0 Å². The van der Waals surface area contributed by atoms with Crippen molar-refractivity contribution in [3.63, 3.8) is 0 Å². The summed E-state index contributed by atoms with van der Waals surface area (Å²) in [4.78, 5) is 26.1. The average Bonchev–Trinajstić information content (AvgIpc) is 2.43. The zero-order valence-corrected chi connectivity index (χ0v) is 13.2. The van der Waals surface area contributed by atoms with Gasteiger partial charge in [0, 0.05) is 22.8 Å². The lowest BCUT2D eigenvalue weighted by molar-refractivity contribution is -0.384. The fraction of sp³-hybridized carbons (Fsp3) is 0. The molecule has 6 nitrogen and oxygen atoms in total. The molecule has 1 N–H and O–H groups in total. The molecule has 0 aliphatic heterocycles. The Morgan fingerprint density at radius 1 is 1.33 bits per heavy atom. The molecule has 0 aliphatic rings. The monoisotopic (exact) mass is 389 g/mol. The topological polar surface area (TPSA) is 85.1 Å². The summed E-state index contributed by atoms with van der Waals surface area (Å²) in [5.74, 6) is -0.550. The third kappa shape index (κ3) is 3.69. The minimum Gasteiger partial charge on any atom is -0.321 e. The number of nitrogens with one attached hydrogen (secondary N) is 1. The largest absolute Gasteiger partial charge is 0.321 e. The zero-order valence-electron chi connectivity index (χ0n) is 10.1. The van der Waals surface area contributed by atoms with Crippen LogP contribution in [-0.4, -0.2) is 15.8 Å². The maximum Gasteiger partial charge on any atom is 0.271 e. The fourth-order valence-electron chi connectivity index (χ4n) is 1.50. The van der Waals surface area contributed by atoms with Crippen LogP contribution < -0.4 is 5.32 Å². The number of non-ortho nitro benzene ring substituents is 1. The van der Waals surface area contributed by atoms with E-state index in [-0.39, 0.29) is 27.1 Å². The van der Waals surface area contributed by atoms with E-state index in [9.17, 15) is 14.9 Å². The number of hydrogen-bond donors (Lipinski definition) is 1. The predicted octanol–water partition coefficient (Wildman–Crippen LogP) is 4.31. The highest BCUT2D eigenvalue weighted by Crippen LogP contribution is 2.28. The van der Waals surface area contributed by atoms with E-state index in [0.717, 1.165) is 0 Å². The first-order valence-electron chi connectivity index (χ1n) is 5.45. The maximum absolute atomic E-state index is 12.1. The van der Waals surface area contributed by atoms with E-state index < -0.39 is 10.8 Å². The van der Waals surface area contributed by atoms with Crippen molar-refractivity contribution >= 4 is 56.4 Å². The maximum atomic E-state index is 12.1. The van der Waals surface area contributed by atoms with Gasteiger partial charge in [-0.05, 0) is 28.1 Å². The number of hydrogen-bond acceptors (Lipinski definition) is 4. The van der Waals surface area contributed by atoms with Gasteiger partial charge in [-0.1, -0.05) is 23.2 Å². The number of rotatable bonds is 3. The van der Waals surface area contributed by atoms with Crippen LogP contribution in [0.4, 0.5) is 11.4 Å². The summed E-state index contributed by atoms with van der Waals surface area (Å²) in [5.41, 5.74) is 0.223. The van der Waals surface area contributed by atoms with Crippen LogP contribution in [0.25, 0.3) is 0 Å². The Morgan fingerprint density at radius 2 is 2.05 bits per heavy atom. The molecular weight excluding hydrogens is 385 g/mol. The Labute approximate surface area is 137 Å². The highest BCUT2D eigenvalue weighted by molar-refractivity contribution is 9.10. The third-order valence-corrected chi connectivity index (χ3v) is 3.67. The van der Waals surface area contributed by atoms with E-state index >= 15 is 0 Å². The SMILES string of the molecule is O=C(Nc1cc([N+](=O)[O-])ccc1Br)c1cc(Cl)ncc1Cl. The lowest BCUT2D eigenvalue weighted by Crippen LogP contribution is -2.13. The Balaban J connectivity index is 2.33. The summed E-state index contributed by atoms with van der Waals surface area (Å²) in [6.45, 7) is 0. The van der Waals surface area contributed by atoms with Gasteiger partial charge in [-0.15, -0.1) is 0 Å². The predicted molar refractivity (Wildman–Crippen MR) is 83.0 cm³/mol. The van der Waals surface area contributed by atoms with Crippen LogP contribution >= 0.6 is 39.1 Å². The van der Waals surface area contributed by atoms with Crippen LogP contribution in [0.5, 0.6) is 0 Å². The first kappa shape index (κ1) is 15.7. The van der Waals surface area contributed by atoms with E-state index in [1.165, 1.54) is 30.5 Å². The molecule has 0 unspecified atom stereocenters. The van der Waals surface area contributed by atoms with Crippen LogP contribution in [0, 0.1) is 10.1 Å². The minimum atomic E-state index is -0.557. The zero-order chi connectivity index (χ0) is 15.6. The molecule has 9 heteroatoms. The Kier molecular flexibility index (Phi) is 4.76. The van der Waals surface area contributed by atoms with Crippen molar-refractivity contribution in [3.05, 3.63) is 60.8 Å². The molecule has 0 bridgehead atoms. The van der Waals surface area contributed by atoms with Crippen LogP contribution in [0.2, 0.25) is 10.2 Å². The van der Waals surface area contributed by atoms with Gasteiger partial charge in [-0.25, -0.2) is 4.98 Å². The average molecular weight is 391 g/mol. The van der Waals surface area contributed by atoms with Crippen molar-refractivity contribution < 1.29 is 9.72 Å². The van der Waals surface area contributed by atoms with Crippen LogP contribution in [0.1, 0.15) is 10.4 Å². The molecule has 0 aliphatic carbocycles. The molecular formula is C12H6BrCl2N3O3. The normalized spacial score (nSPS) is 10.2. The fourth-order valence-corrected chi connectivity index (χ4v) is 2.19. The molecule has 0 saturated carbocycles. The smallest absolute Gasteiger partial charge is 0.271 e. The van der Waals surface area contributed by atoms with E-state index in [1.807, 2.05) is 0 Å². The van der Waals surface area contributed by atoms with Gasteiger partial charge in [0.05, 0.1) is 21.2 Å². The molecule has 1 amide bonds. The quantitative estimate of drug-likeness (QED) is 0.480. The molecule has 0 fully saturated rings. The highest BCUT2D eigenvalue weighted by Gasteiger charge is 2.15. The van der Waals surface area contributed by atoms with Gasteiger partial charge in [-0.2, -0.15) is 0 Å². The van der Waals surface area contributed by atoms with E-state index in [4.69, 9.17) is 23.2 Å². The van der Waals surface area contributed by atoms with Gasteiger partial charge in [0.1, 0.15) is 5.15 Å². The number of anilines is 1. The van der Waals surface area contributed by atoms with Crippen LogP contribution in [0.15, 0.2) is 34.9 Å². The van der Waals surface area contributed by atoms with Crippen molar-refractivity contribution in [1.82, 2.24) is 4.98 Å². The Morgan fingerprint density at radius 3 is 2.71 bits per heavy atom. The van der Waals surface area contributed by atoms with E-state index in [1.54, 1.807) is 0 Å². The van der Waals surface area contributed by atoms with Gasteiger partial charge in [0.2, 0.25) is 0 Å². The summed E-state index contributed by atoms with van der Waals surface area (Å²) in [5, 5.41) is 13.5. The molecule has 1 aromatic heterocycles. The molecule has 2 aromatic rings. The van der Waals surface area contributed by atoms with Crippen LogP contribution in [0.3, 0.4) is 0 Å². The number of pyridine rings is 1. The summed E-state index contributed by atoms with van der Waals surface area (Å²) < 4.78 is 0.498. The minimum absolute atomic E-state index is 0.114. The third-order valence-electron chi connectivity index (χ3n) is 2.48. The Hall–Kier alpha value is -1.70. The number of nitrogens with zero attached hydrogens (tertiary/aromatic N) is 2. The summed E-state index contributed by atoms with van der Waals surface area (Å²) in [7, 11) is 0. The van der Waals surface area contributed by atoms with Crippen molar-refractivity contribution in [1.29, 1.82) is 0 Å². The van der Waals surface area contributed by atoms with E-state index in [0.29, 0.717) is 4.47 Å². The van der Waals surface area contributed by atoms with Gasteiger partial charge in [0.15, 0.2) is 0 Å². The lowest BCUT2D eigenvalue weighted by Gasteiger charge is -2.08. The van der Waals surface area contributed by atoms with Gasteiger partial charge < -0.3 is 5.32 Å². The molecule has 2 rings (SSSR count). The number of benzene rings is 1. The van der Waals surface area contributed by atoms with Crippen molar-refractivity contribution in [2.24, 2.45) is 0 Å². The molecule has 0 radical (unpaired) electrons. The summed E-state index contributed by atoms with van der Waals surface area (Å²) in [6, 6.07) is 5.33. The second-order valence-electron chi connectivity index (χ2n) is 3.86. The lowest BCUT2D eigenvalue weighted by atomic mass is 10.2. The number of nitro groups is 1. The van der Waals surface area contributed by atoms with Gasteiger partial charge >= 0.3 is 0 Å². The molecule has 0 atom stereocenters. The molecule has 1 heterocycles. The second-order valence-corrected chi connectivity index (χ2v) is 5.51. The highest BCUT2D eigenvalue weighted by atomic mass is 79.9. The van der Waals surface area contributed by atoms with Gasteiger partial charge in [-0.3, -0.25) is 14.9 Å². The second kappa shape index (κ2) is 6.38.